The molecule has 0 aliphatic heterocycles. The maximum atomic E-state index is 11.0. The molecule has 0 saturated carbocycles. The lowest BCUT2D eigenvalue weighted by Gasteiger charge is -1.99. The summed E-state index contributed by atoms with van der Waals surface area (Å²) in [5.41, 5.74) is 10.0. The maximum absolute atomic E-state index is 11.0. The van der Waals surface area contributed by atoms with Crippen molar-refractivity contribution in [3.05, 3.63) is 135 Å². The van der Waals surface area contributed by atoms with Crippen LogP contribution in [0.5, 0.6) is 0 Å². The minimum Gasteiger partial charge on any atom is -0.384 e. The molecule has 0 fully saturated rings. The molecule has 196 valence electrons. The molecule has 39 heavy (non-hydrogen) atoms. The first kappa shape index (κ1) is 29.4. The Bertz CT molecular complexity index is 1510. The highest BCUT2D eigenvalue weighted by Gasteiger charge is 2.09. The Morgan fingerprint density at radius 3 is 1.97 bits per heavy atom. The van der Waals surface area contributed by atoms with E-state index in [4.69, 9.17) is 5.73 Å². The highest BCUT2D eigenvalue weighted by atomic mass is 79.9. The molecule has 0 saturated heterocycles. The quantitative estimate of drug-likeness (QED) is 0.154. The van der Waals surface area contributed by atoms with Crippen molar-refractivity contribution in [3.8, 4) is 0 Å². The smallest absolute Gasteiger partial charge is 0.142 e. The molecular weight excluding hydrogens is 620 g/mol. The minimum atomic E-state index is 0.339. The van der Waals surface area contributed by atoms with Gasteiger partial charge in [0.25, 0.3) is 0 Å². The third kappa shape index (κ3) is 9.92. The van der Waals surface area contributed by atoms with E-state index in [0.29, 0.717) is 12.2 Å². The van der Waals surface area contributed by atoms with E-state index in [1.54, 1.807) is 18.3 Å². The molecule has 0 spiro atoms. The van der Waals surface area contributed by atoms with E-state index in [1.807, 2.05) is 102 Å². The van der Waals surface area contributed by atoms with Crippen molar-refractivity contribution < 1.29 is 9.59 Å². The number of benzene rings is 2. The zero-order valence-electron chi connectivity index (χ0n) is 20.9. The molecule has 3 heterocycles. The van der Waals surface area contributed by atoms with E-state index in [9.17, 15) is 9.59 Å². The second-order valence-electron chi connectivity index (χ2n) is 7.94. The molecule has 5 rings (SSSR count). The molecule has 0 amide bonds. The monoisotopic (exact) mass is 644 g/mol. The second-order valence-corrected chi connectivity index (χ2v) is 9.77. The van der Waals surface area contributed by atoms with Crippen LogP contribution in [0, 0.1) is 0 Å². The van der Waals surface area contributed by atoms with Crippen molar-refractivity contribution in [2.75, 3.05) is 5.73 Å². The first-order chi connectivity index (χ1) is 19.0. The number of allylic oxidation sites excluding steroid dienone is 1. The summed E-state index contributed by atoms with van der Waals surface area (Å²) in [6.45, 7) is 0. The molecule has 3 aromatic heterocycles. The number of pyridine rings is 2. The topological polar surface area (TPSA) is 90.3 Å². The molecule has 0 bridgehead atoms. The van der Waals surface area contributed by atoms with Gasteiger partial charge in [-0.1, -0.05) is 72.8 Å². The zero-order valence-corrected chi connectivity index (χ0v) is 24.1. The Morgan fingerprint density at radius 2 is 1.41 bits per heavy atom. The van der Waals surface area contributed by atoms with Crippen LogP contribution in [0.3, 0.4) is 0 Å². The number of carbonyl (C=O) groups is 2. The number of aldehydes is 2. The number of carbonyl (C=O) groups excluding carboxylic acids is 2. The van der Waals surface area contributed by atoms with Crippen molar-refractivity contribution in [1.82, 2.24) is 14.4 Å². The summed E-state index contributed by atoms with van der Waals surface area (Å²) in [5, 5.41) is 0. The fraction of sp³-hybridized carbons (Fsp3) is 0.0323. The van der Waals surface area contributed by atoms with Gasteiger partial charge in [-0.2, -0.15) is 0 Å². The summed E-state index contributed by atoms with van der Waals surface area (Å²) < 4.78 is 3.85. The van der Waals surface area contributed by atoms with Gasteiger partial charge in [0.1, 0.15) is 24.0 Å². The van der Waals surface area contributed by atoms with E-state index in [2.05, 4.69) is 41.8 Å². The summed E-state index contributed by atoms with van der Waals surface area (Å²) in [6.07, 6.45) is 12.8. The van der Waals surface area contributed by atoms with Gasteiger partial charge in [0.2, 0.25) is 0 Å². The van der Waals surface area contributed by atoms with Crippen molar-refractivity contribution in [3.63, 3.8) is 0 Å². The first-order valence-corrected chi connectivity index (χ1v) is 13.5. The number of nitrogens with two attached hydrogens (primary N) is 1. The van der Waals surface area contributed by atoms with Gasteiger partial charge in [0.15, 0.2) is 0 Å². The van der Waals surface area contributed by atoms with Crippen LogP contribution < -0.4 is 5.73 Å². The summed E-state index contributed by atoms with van der Waals surface area (Å²) in [5.74, 6) is 0.549. The van der Waals surface area contributed by atoms with Crippen LogP contribution >= 0.6 is 31.9 Å². The van der Waals surface area contributed by atoms with E-state index in [0.717, 1.165) is 49.7 Å². The third-order valence-electron chi connectivity index (χ3n) is 5.14. The van der Waals surface area contributed by atoms with Crippen molar-refractivity contribution in [2.24, 2.45) is 0 Å². The van der Waals surface area contributed by atoms with Crippen molar-refractivity contribution >= 4 is 74.1 Å². The molecule has 2 aromatic carbocycles. The number of nitrogens with zero attached hydrogens (tertiary/aromatic N) is 3. The lowest BCUT2D eigenvalue weighted by molar-refractivity contribution is -0.107. The van der Waals surface area contributed by atoms with Crippen LogP contribution in [-0.2, 0) is 16.0 Å². The Morgan fingerprint density at radius 1 is 0.769 bits per heavy atom. The van der Waals surface area contributed by atoms with Crippen LogP contribution in [0.2, 0.25) is 0 Å². The number of imidazole rings is 1. The highest BCUT2D eigenvalue weighted by Crippen LogP contribution is 2.19. The minimum absolute atomic E-state index is 0.339. The number of nitrogen functional groups attached to an aromatic ring is 1. The van der Waals surface area contributed by atoms with Crippen LogP contribution in [0.15, 0.2) is 112 Å². The van der Waals surface area contributed by atoms with Gasteiger partial charge in [-0.3, -0.25) is 4.79 Å². The molecule has 6 nitrogen and oxygen atoms in total. The van der Waals surface area contributed by atoms with E-state index >= 15 is 0 Å². The van der Waals surface area contributed by atoms with Crippen LogP contribution in [0.25, 0.3) is 23.9 Å². The SMILES string of the molecule is Nc1ccc(Br)cn1.O=C/C=C/c1ccccc1.O=CCc1c(/C=C/c2ccccc2)nc2ccc(Br)cn12. The predicted molar refractivity (Wildman–Crippen MR) is 166 cm³/mol. The Balaban J connectivity index is 0.000000193. The Labute approximate surface area is 244 Å². The number of hydrogen-bond acceptors (Lipinski definition) is 5. The normalized spacial score (nSPS) is 10.5. The van der Waals surface area contributed by atoms with E-state index in [-0.39, 0.29) is 0 Å². The predicted octanol–water partition coefficient (Wildman–Crippen LogP) is 7.33. The van der Waals surface area contributed by atoms with Gasteiger partial charge >= 0.3 is 0 Å². The van der Waals surface area contributed by atoms with Crippen LogP contribution in [0.4, 0.5) is 5.82 Å². The van der Waals surface area contributed by atoms with Gasteiger partial charge in [0, 0.05) is 27.8 Å². The van der Waals surface area contributed by atoms with Gasteiger partial charge in [-0.05, 0) is 79.4 Å². The summed E-state index contributed by atoms with van der Waals surface area (Å²) in [7, 11) is 0. The third-order valence-corrected chi connectivity index (χ3v) is 6.08. The van der Waals surface area contributed by atoms with Crippen LogP contribution in [-0.4, -0.2) is 26.9 Å². The number of rotatable bonds is 6. The number of hydrogen-bond donors (Lipinski definition) is 1. The summed E-state index contributed by atoms with van der Waals surface area (Å²) in [6, 6.07) is 27.2. The van der Waals surface area contributed by atoms with Gasteiger partial charge in [-0.25, -0.2) is 9.97 Å². The van der Waals surface area contributed by atoms with Crippen molar-refractivity contribution in [2.45, 2.75) is 6.42 Å². The lowest BCUT2D eigenvalue weighted by Crippen LogP contribution is -1.95. The van der Waals surface area contributed by atoms with Gasteiger partial charge in [0.05, 0.1) is 11.4 Å². The van der Waals surface area contributed by atoms with E-state index in [1.165, 1.54) is 6.08 Å². The molecule has 0 aliphatic rings. The fourth-order valence-corrected chi connectivity index (χ4v) is 3.91. The summed E-state index contributed by atoms with van der Waals surface area (Å²) in [4.78, 5) is 29.2. The van der Waals surface area contributed by atoms with Gasteiger partial charge < -0.3 is 14.9 Å². The largest absolute Gasteiger partial charge is 0.384 e. The molecule has 0 radical (unpaired) electrons. The summed E-state index contributed by atoms with van der Waals surface area (Å²) >= 11 is 6.68. The number of fused-ring (bicyclic) bond motifs is 1. The lowest BCUT2D eigenvalue weighted by atomic mass is 10.2. The van der Waals surface area contributed by atoms with Crippen molar-refractivity contribution in [1.29, 1.82) is 0 Å². The molecule has 2 N–H and O–H groups in total. The standard InChI is InChI=1S/C17H13BrN2O.C9H8O.C5H5BrN2/c18-14-7-9-17-19-15(16(10-11-21)20(17)12-14)8-6-13-4-2-1-3-5-13;10-8-4-7-9-5-2-1-3-6-9;6-4-1-2-5(7)8-3-4/h1-9,11-12H,10H2;1-8H;1-3H,(H2,7,8)/b8-6+;7-4+;. The molecule has 0 aliphatic carbocycles. The average Bonchev–Trinajstić information content (AvgIpc) is 3.30. The molecule has 8 heteroatoms. The molecule has 0 atom stereocenters. The second kappa shape index (κ2) is 16.0. The number of aromatic nitrogens is 3. The molecule has 5 aromatic rings. The van der Waals surface area contributed by atoms with E-state index < -0.39 is 0 Å². The number of halogens is 2. The van der Waals surface area contributed by atoms with Gasteiger partial charge in [-0.15, -0.1) is 0 Å². The molecular formula is C31H26Br2N4O2. The Kier molecular flexibility index (Phi) is 12.0. The maximum Gasteiger partial charge on any atom is 0.142 e. The first-order valence-electron chi connectivity index (χ1n) is 11.9. The average molecular weight is 646 g/mol. The fourth-order valence-electron chi connectivity index (χ4n) is 3.34. The number of anilines is 1. The highest BCUT2D eigenvalue weighted by molar-refractivity contribution is 9.10. The molecule has 0 unspecified atom stereocenters. The Hall–Kier alpha value is -4.14. The van der Waals surface area contributed by atoms with Crippen LogP contribution in [0.1, 0.15) is 22.5 Å². The zero-order chi connectivity index (χ0) is 27.9.